The first-order valence-corrected chi connectivity index (χ1v) is 11.2. The summed E-state index contributed by atoms with van der Waals surface area (Å²) >= 11 is 0. The van der Waals surface area contributed by atoms with Crippen molar-refractivity contribution in [3.8, 4) is 22.5 Å². The summed E-state index contributed by atoms with van der Waals surface area (Å²) in [6.07, 6.45) is 9.95. The van der Waals surface area contributed by atoms with Crippen LogP contribution >= 0.6 is 0 Å². The fourth-order valence-electron chi connectivity index (χ4n) is 4.19. The van der Waals surface area contributed by atoms with Crippen molar-refractivity contribution in [1.82, 2.24) is 35.7 Å². The smallest absolute Gasteiger partial charge is 0.159 e. The van der Waals surface area contributed by atoms with Crippen molar-refractivity contribution in [1.29, 1.82) is 0 Å². The van der Waals surface area contributed by atoms with Crippen LogP contribution in [-0.2, 0) is 13.1 Å². The Bertz CT molecular complexity index is 1560. The Morgan fingerprint density at radius 2 is 2.06 bits per heavy atom. The molecular formula is C25H21FN8O. The zero-order valence-corrected chi connectivity index (χ0v) is 18.8. The summed E-state index contributed by atoms with van der Waals surface area (Å²) in [4.78, 5) is 21.2. The molecule has 5 aromatic heterocycles. The third-order valence-corrected chi connectivity index (χ3v) is 5.86. The number of hydrazone groups is 1. The van der Waals surface area contributed by atoms with E-state index in [1.165, 1.54) is 0 Å². The normalized spacial score (nSPS) is 12.9. The van der Waals surface area contributed by atoms with E-state index in [2.05, 4.69) is 35.8 Å². The average Bonchev–Trinajstić information content (AvgIpc) is 3.58. The zero-order chi connectivity index (χ0) is 23.8. The lowest BCUT2D eigenvalue weighted by Gasteiger charge is -2.18. The molecule has 174 valence electrons. The first-order chi connectivity index (χ1) is 17.2. The first-order valence-electron chi connectivity index (χ1n) is 11.2. The van der Waals surface area contributed by atoms with Crippen LogP contribution in [0.25, 0.3) is 33.5 Å². The minimum absolute atomic E-state index is 0.223. The van der Waals surface area contributed by atoms with Crippen molar-refractivity contribution in [3.05, 3.63) is 83.8 Å². The van der Waals surface area contributed by atoms with E-state index in [1.807, 2.05) is 25.1 Å². The molecule has 1 aliphatic rings. The van der Waals surface area contributed by atoms with E-state index in [1.54, 1.807) is 37.3 Å². The number of nitrogens with zero attached hydrogens (tertiary/aromatic N) is 5. The Hall–Kier alpha value is -4.44. The third-order valence-electron chi connectivity index (χ3n) is 5.86. The van der Waals surface area contributed by atoms with Crippen molar-refractivity contribution in [2.75, 3.05) is 6.54 Å². The van der Waals surface area contributed by atoms with Gasteiger partial charge in [0.2, 0.25) is 0 Å². The van der Waals surface area contributed by atoms with Crippen molar-refractivity contribution >= 4 is 16.7 Å². The lowest BCUT2D eigenvalue weighted by Crippen LogP contribution is -2.24. The van der Waals surface area contributed by atoms with E-state index in [9.17, 15) is 0 Å². The maximum Gasteiger partial charge on any atom is 0.159 e. The molecular weight excluding hydrogens is 447 g/mol. The van der Waals surface area contributed by atoms with Gasteiger partial charge in [-0.3, -0.25) is 15.0 Å². The Morgan fingerprint density at radius 3 is 2.91 bits per heavy atom. The number of halogens is 1. The molecule has 0 fully saturated rings. The van der Waals surface area contributed by atoms with Crippen LogP contribution in [0.1, 0.15) is 29.4 Å². The topological polar surface area (TPSA) is 117 Å². The van der Waals surface area contributed by atoms with Crippen LogP contribution in [0.15, 0.2) is 65.0 Å². The van der Waals surface area contributed by atoms with Gasteiger partial charge in [0.05, 0.1) is 30.2 Å². The molecule has 0 amide bonds. The van der Waals surface area contributed by atoms with Crippen LogP contribution in [0.2, 0.25) is 0 Å². The number of aromatic nitrogens is 5. The molecule has 0 bridgehead atoms. The van der Waals surface area contributed by atoms with Gasteiger partial charge in [-0.05, 0) is 30.3 Å². The van der Waals surface area contributed by atoms with Crippen molar-refractivity contribution < 1.29 is 8.81 Å². The van der Waals surface area contributed by atoms with Gasteiger partial charge >= 0.3 is 0 Å². The summed E-state index contributed by atoms with van der Waals surface area (Å²) in [6.45, 7) is 3.87. The van der Waals surface area contributed by atoms with Gasteiger partial charge in [-0.15, -0.1) is 0 Å². The largest absolute Gasteiger partial charge is 0.472 e. The van der Waals surface area contributed by atoms with E-state index in [4.69, 9.17) is 9.40 Å². The molecule has 35 heavy (non-hydrogen) atoms. The maximum atomic E-state index is 16.0. The molecule has 5 aromatic rings. The lowest BCUT2D eigenvalue weighted by atomic mass is 9.99. The van der Waals surface area contributed by atoms with Gasteiger partial charge in [-0.1, -0.05) is 6.92 Å². The zero-order valence-electron chi connectivity index (χ0n) is 18.8. The highest BCUT2D eigenvalue weighted by atomic mass is 19.1. The summed E-state index contributed by atoms with van der Waals surface area (Å²) in [6, 6.07) is 5.54. The highest BCUT2D eigenvalue weighted by Gasteiger charge is 2.27. The number of hydrogen-bond acceptors (Lipinski definition) is 8. The standard InChI is InChI=1S/C25H21FN8O/c1-2-27-8-14-7-16(10-28-9-14)21-20(26)19-17(11-30-21)12-31-34-24(19)25-32-18-3-5-29-22(23(18)33-25)15-4-6-35-13-15/h3-7,9-11,13,27,31H,2,8,12H2,1H3,(H,32,33). The predicted octanol–water partition coefficient (Wildman–Crippen LogP) is 3.78. The first kappa shape index (κ1) is 21.1. The Morgan fingerprint density at radius 1 is 1.11 bits per heavy atom. The quantitative estimate of drug-likeness (QED) is 0.347. The van der Waals surface area contributed by atoms with Crippen LogP contribution in [0.4, 0.5) is 4.39 Å². The SMILES string of the molecule is CCNCc1cncc(-c2ncc3c(c2F)C(c2nc4c(-c5ccoc5)nccc4[nH]2)=NNC3)c1. The van der Waals surface area contributed by atoms with Crippen LogP contribution < -0.4 is 10.7 Å². The number of fused-ring (bicyclic) bond motifs is 2. The molecule has 1 aliphatic heterocycles. The molecule has 0 atom stereocenters. The summed E-state index contributed by atoms with van der Waals surface area (Å²) in [5.74, 6) is -0.0277. The van der Waals surface area contributed by atoms with E-state index < -0.39 is 5.82 Å². The lowest BCUT2D eigenvalue weighted by molar-refractivity contribution is 0.568. The predicted molar refractivity (Wildman–Crippen MR) is 129 cm³/mol. The van der Waals surface area contributed by atoms with Gasteiger partial charge in [0.25, 0.3) is 0 Å². The molecule has 6 rings (SSSR count). The Labute approximate surface area is 199 Å². The molecule has 3 N–H and O–H groups in total. The van der Waals surface area contributed by atoms with Gasteiger partial charge in [-0.2, -0.15) is 5.10 Å². The van der Waals surface area contributed by atoms with Crippen molar-refractivity contribution in [2.24, 2.45) is 5.10 Å². The highest BCUT2D eigenvalue weighted by Crippen LogP contribution is 2.30. The number of imidazole rings is 1. The van der Waals surface area contributed by atoms with Gasteiger partial charge in [0.1, 0.15) is 22.6 Å². The molecule has 0 spiro atoms. The molecule has 0 aliphatic carbocycles. The monoisotopic (exact) mass is 468 g/mol. The molecule has 0 unspecified atom stereocenters. The molecule has 0 aromatic carbocycles. The number of nitrogens with one attached hydrogen (secondary N) is 3. The molecule has 0 saturated carbocycles. The number of pyridine rings is 3. The number of hydrogen-bond donors (Lipinski definition) is 3. The van der Waals surface area contributed by atoms with Gasteiger partial charge in [-0.25, -0.2) is 9.37 Å². The van der Waals surface area contributed by atoms with Gasteiger partial charge in [0.15, 0.2) is 11.6 Å². The van der Waals surface area contributed by atoms with Crippen molar-refractivity contribution in [2.45, 2.75) is 20.0 Å². The van der Waals surface area contributed by atoms with E-state index in [0.29, 0.717) is 52.5 Å². The van der Waals surface area contributed by atoms with Crippen LogP contribution in [-0.4, -0.2) is 37.2 Å². The number of furan rings is 1. The highest BCUT2D eigenvalue weighted by molar-refractivity contribution is 6.14. The van der Waals surface area contributed by atoms with E-state index in [-0.39, 0.29) is 5.69 Å². The summed E-state index contributed by atoms with van der Waals surface area (Å²) < 4.78 is 21.2. The van der Waals surface area contributed by atoms with Crippen LogP contribution in [0, 0.1) is 5.82 Å². The number of aromatic amines is 1. The minimum atomic E-state index is -0.459. The molecule has 0 radical (unpaired) electrons. The summed E-state index contributed by atoms with van der Waals surface area (Å²) in [5.41, 5.74) is 9.06. The number of H-pyrrole nitrogens is 1. The summed E-state index contributed by atoms with van der Waals surface area (Å²) in [7, 11) is 0. The van der Waals surface area contributed by atoms with E-state index in [0.717, 1.165) is 23.2 Å². The second-order valence-corrected chi connectivity index (χ2v) is 8.13. The maximum absolute atomic E-state index is 16.0. The Balaban J connectivity index is 1.45. The molecule has 9 nitrogen and oxygen atoms in total. The third kappa shape index (κ3) is 3.73. The van der Waals surface area contributed by atoms with Gasteiger partial charge in [0, 0.05) is 48.0 Å². The molecule has 6 heterocycles. The molecule has 0 saturated heterocycles. The second kappa shape index (κ2) is 8.73. The van der Waals surface area contributed by atoms with Gasteiger partial charge < -0.3 is 20.1 Å². The van der Waals surface area contributed by atoms with Crippen LogP contribution in [0.3, 0.4) is 0 Å². The number of rotatable bonds is 6. The summed E-state index contributed by atoms with van der Waals surface area (Å²) in [5, 5.41) is 7.68. The minimum Gasteiger partial charge on any atom is -0.472 e. The fraction of sp³-hybridized carbons (Fsp3) is 0.160. The fourth-order valence-corrected chi connectivity index (χ4v) is 4.19. The average molecular weight is 468 g/mol. The van der Waals surface area contributed by atoms with Crippen molar-refractivity contribution in [3.63, 3.8) is 0 Å². The van der Waals surface area contributed by atoms with E-state index >= 15 is 4.39 Å². The molecule has 10 heteroatoms. The van der Waals surface area contributed by atoms with Crippen LogP contribution in [0.5, 0.6) is 0 Å². The second-order valence-electron chi connectivity index (χ2n) is 8.13. The Kier molecular flexibility index (Phi) is 5.27.